The summed E-state index contributed by atoms with van der Waals surface area (Å²) in [6, 6.07) is 6.99. The molecule has 1 radical (unpaired) electrons. The Labute approximate surface area is 65.6 Å². The molecule has 0 aromatic heterocycles. The van der Waals surface area contributed by atoms with Gasteiger partial charge in [-0.1, -0.05) is 12.1 Å². The SMILES string of the molecule is Cc1cccc(O[P](=O)O)c1. The van der Waals surface area contributed by atoms with Crippen molar-refractivity contribution in [3.8, 4) is 5.75 Å². The Morgan fingerprint density at radius 1 is 1.55 bits per heavy atom. The van der Waals surface area contributed by atoms with Gasteiger partial charge in [-0.15, -0.1) is 0 Å². The smallest absolute Gasteiger partial charge is 0.398 e. The molecule has 4 heteroatoms. The average Bonchev–Trinajstić information content (AvgIpc) is 1.85. The van der Waals surface area contributed by atoms with E-state index < -0.39 is 8.25 Å². The van der Waals surface area contributed by atoms with Crippen LogP contribution in [-0.2, 0) is 4.57 Å². The third-order valence-electron chi connectivity index (χ3n) is 1.17. The van der Waals surface area contributed by atoms with Gasteiger partial charge in [-0.2, -0.15) is 0 Å². The highest BCUT2D eigenvalue weighted by Gasteiger charge is 1.97. The Hall–Kier alpha value is -0.920. The van der Waals surface area contributed by atoms with E-state index >= 15 is 0 Å². The summed E-state index contributed by atoms with van der Waals surface area (Å²) in [5.74, 6) is 0.425. The highest BCUT2D eigenvalue weighted by molar-refractivity contribution is 7.32. The highest BCUT2D eigenvalue weighted by Crippen LogP contribution is 2.22. The lowest BCUT2D eigenvalue weighted by Gasteiger charge is -1.99. The molecule has 0 aliphatic heterocycles. The summed E-state index contributed by atoms with van der Waals surface area (Å²) in [4.78, 5) is 8.38. The van der Waals surface area contributed by atoms with Gasteiger partial charge in [-0.05, 0) is 24.6 Å². The second kappa shape index (κ2) is 3.46. The molecule has 1 aromatic carbocycles. The molecule has 0 bridgehead atoms. The maximum Gasteiger partial charge on any atom is 0.426 e. The number of rotatable bonds is 2. The van der Waals surface area contributed by atoms with Crippen molar-refractivity contribution < 1.29 is 14.0 Å². The molecule has 1 aromatic rings. The fraction of sp³-hybridized carbons (Fsp3) is 0.143. The van der Waals surface area contributed by atoms with Gasteiger partial charge < -0.3 is 4.52 Å². The molecule has 0 aliphatic rings. The van der Waals surface area contributed by atoms with Crippen LogP contribution in [0.3, 0.4) is 0 Å². The number of benzene rings is 1. The summed E-state index contributed by atoms with van der Waals surface area (Å²) >= 11 is 0. The molecule has 11 heavy (non-hydrogen) atoms. The molecule has 0 saturated heterocycles. The van der Waals surface area contributed by atoms with Crippen molar-refractivity contribution in [1.29, 1.82) is 0 Å². The van der Waals surface area contributed by atoms with Gasteiger partial charge in [0.25, 0.3) is 0 Å². The van der Waals surface area contributed by atoms with Gasteiger partial charge in [0.2, 0.25) is 0 Å². The normalized spacial score (nSPS) is 10.9. The lowest BCUT2D eigenvalue weighted by Crippen LogP contribution is -1.80. The van der Waals surface area contributed by atoms with Crippen molar-refractivity contribution in [3.63, 3.8) is 0 Å². The molecule has 0 saturated carbocycles. The zero-order valence-corrected chi connectivity index (χ0v) is 6.91. The second-order valence-corrected chi connectivity index (χ2v) is 2.80. The van der Waals surface area contributed by atoms with Gasteiger partial charge in [0.15, 0.2) is 0 Å². The third kappa shape index (κ3) is 2.66. The molecule has 1 N–H and O–H groups in total. The Kier molecular flexibility index (Phi) is 2.58. The second-order valence-electron chi connectivity index (χ2n) is 2.15. The molecular weight excluding hydrogens is 163 g/mol. The van der Waals surface area contributed by atoms with Crippen LogP contribution in [0.25, 0.3) is 0 Å². The predicted molar refractivity (Wildman–Crippen MR) is 41.6 cm³/mol. The van der Waals surface area contributed by atoms with Crippen LogP contribution in [-0.4, -0.2) is 4.89 Å². The van der Waals surface area contributed by atoms with Crippen molar-refractivity contribution in [3.05, 3.63) is 29.8 Å². The van der Waals surface area contributed by atoms with Crippen LogP contribution in [0.5, 0.6) is 5.75 Å². The monoisotopic (exact) mass is 171 g/mol. The molecule has 1 rings (SSSR count). The molecule has 0 fully saturated rings. The van der Waals surface area contributed by atoms with Crippen molar-refractivity contribution in [2.45, 2.75) is 6.92 Å². The Bertz CT molecular complexity index is 272. The molecular formula is C7H8O3P. The van der Waals surface area contributed by atoms with Crippen molar-refractivity contribution in [2.24, 2.45) is 0 Å². The van der Waals surface area contributed by atoms with Crippen LogP contribution < -0.4 is 4.52 Å². The fourth-order valence-corrected chi connectivity index (χ4v) is 1.06. The standard InChI is InChI=1S/C7H8O3P/c1-6-3-2-4-7(5-6)10-11(8)9/h2-5H,1H3,(H,8,9). The largest absolute Gasteiger partial charge is 0.426 e. The first-order chi connectivity index (χ1) is 5.18. The zero-order valence-electron chi connectivity index (χ0n) is 6.02. The Morgan fingerprint density at radius 3 is 2.82 bits per heavy atom. The first-order valence-corrected chi connectivity index (χ1v) is 4.22. The van der Waals surface area contributed by atoms with E-state index in [2.05, 4.69) is 4.52 Å². The molecule has 3 nitrogen and oxygen atoms in total. The van der Waals surface area contributed by atoms with E-state index in [1.165, 1.54) is 0 Å². The van der Waals surface area contributed by atoms with Crippen molar-refractivity contribution in [1.82, 2.24) is 0 Å². The minimum Gasteiger partial charge on any atom is -0.398 e. The minimum absolute atomic E-state index is 0.425. The highest BCUT2D eigenvalue weighted by atomic mass is 31.1. The van der Waals surface area contributed by atoms with Gasteiger partial charge >= 0.3 is 8.25 Å². The van der Waals surface area contributed by atoms with Crippen LogP contribution in [0.1, 0.15) is 5.56 Å². The van der Waals surface area contributed by atoms with E-state index in [9.17, 15) is 4.57 Å². The Balaban J connectivity index is 2.79. The molecule has 0 heterocycles. The number of hydrogen-bond donors (Lipinski definition) is 1. The summed E-state index contributed by atoms with van der Waals surface area (Å²) in [5, 5.41) is 0. The molecule has 0 amide bonds. The van der Waals surface area contributed by atoms with E-state index in [0.717, 1.165) is 5.56 Å². The summed E-state index contributed by atoms with van der Waals surface area (Å²) in [6.07, 6.45) is 0. The van der Waals surface area contributed by atoms with Crippen molar-refractivity contribution >= 4 is 8.25 Å². The maximum absolute atomic E-state index is 10.2. The minimum atomic E-state index is -2.54. The zero-order chi connectivity index (χ0) is 8.27. The number of aryl methyl sites for hydroxylation is 1. The topological polar surface area (TPSA) is 46.5 Å². The summed E-state index contributed by atoms with van der Waals surface area (Å²) in [7, 11) is -2.54. The first kappa shape index (κ1) is 8.18. The molecule has 1 unspecified atom stereocenters. The van der Waals surface area contributed by atoms with E-state index in [0.29, 0.717) is 5.75 Å². The summed E-state index contributed by atoms with van der Waals surface area (Å²) < 4.78 is 14.8. The first-order valence-electron chi connectivity index (χ1n) is 3.09. The lowest BCUT2D eigenvalue weighted by molar-refractivity contribution is 0.410. The van der Waals surface area contributed by atoms with E-state index in [4.69, 9.17) is 4.89 Å². The molecule has 0 aliphatic carbocycles. The third-order valence-corrected chi connectivity index (χ3v) is 1.54. The quantitative estimate of drug-likeness (QED) is 0.692. The van der Waals surface area contributed by atoms with Gasteiger partial charge in [-0.25, -0.2) is 4.57 Å². The molecule has 0 spiro atoms. The van der Waals surface area contributed by atoms with E-state index in [-0.39, 0.29) is 0 Å². The van der Waals surface area contributed by atoms with E-state index in [1.807, 2.05) is 13.0 Å². The van der Waals surface area contributed by atoms with Crippen LogP contribution in [0.4, 0.5) is 0 Å². The van der Waals surface area contributed by atoms with Gasteiger partial charge in [-0.3, -0.25) is 4.89 Å². The van der Waals surface area contributed by atoms with Crippen LogP contribution in [0.15, 0.2) is 24.3 Å². The van der Waals surface area contributed by atoms with Gasteiger partial charge in [0, 0.05) is 0 Å². The Morgan fingerprint density at radius 2 is 2.27 bits per heavy atom. The molecule has 59 valence electrons. The number of hydrogen-bond acceptors (Lipinski definition) is 2. The summed E-state index contributed by atoms with van der Waals surface area (Å²) in [6.45, 7) is 1.89. The van der Waals surface area contributed by atoms with Gasteiger partial charge in [0.05, 0.1) is 0 Å². The fourth-order valence-electron chi connectivity index (χ4n) is 0.762. The lowest BCUT2D eigenvalue weighted by atomic mass is 10.2. The van der Waals surface area contributed by atoms with Crippen LogP contribution in [0, 0.1) is 6.92 Å². The van der Waals surface area contributed by atoms with Crippen LogP contribution in [0.2, 0.25) is 0 Å². The maximum atomic E-state index is 10.2. The van der Waals surface area contributed by atoms with Crippen molar-refractivity contribution in [2.75, 3.05) is 0 Å². The summed E-state index contributed by atoms with van der Waals surface area (Å²) in [5.41, 5.74) is 0.999. The van der Waals surface area contributed by atoms with E-state index in [1.54, 1.807) is 18.2 Å². The molecule has 1 atom stereocenters. The average molecular weight is 171 g/mol. The predicted octanol–water partition coefficient (Wildman–Crippen LogP) is 2.02. The van der Waals surface area contributed by atoms with Crippen LogP contribution >= 0.6 is 8.25 Å². The van der Waals surface area contributed by atoms with Gasteiger partial charge in [0.1, 0.15) is 5.75 Å².